The highest BCUT2D eigenvalue weighted by Crippen LogP contribution is 2.28. The van der Waals surface area contributed by atoms with E-state index in [4.69, 9.17) is 0 Å². The molecule has 1 heterocycles. The predicted octanol–water partition coefficient (Wildman–Crippen LogP) is 4.52. The van der Waals surface area contributed by atoms with E-state index in [1.165, 1.54) is 43.6 Å². The first-order chi connectivity index (χ1) is 10.0. The van der Waals surface area contributed by atoms with Gasteiger partial charge in [-0.05, 0) is 50.0 Å². The summed E-state index contributed by atoms with van der Waals surface area (Å²) in [6.45, 7) is 12.9. The molecular formula is C18H32N2S. The summed E-state index contributed by atoms with van der Waals surface area (Å²) in [6, 6.07) is 5.84. The zero-order chi connectivity index (χ0) is 15.3. The minimum atomic E-state index is 0.388. The summed E-state index contributed by atoms with van der Waals surface area (Å²) in [5.41, 5.74) is 0.388. The van der Waals surface area contributed by atoms with Gasteiger partial charge in [-0.15, -0.1) is 11.3 Å². The first-order valence-corrected chi connectivity index (χ1v) is 9.40. The van der Waals surface area contributed by atoms with Gasteiger partial charge in [-0.3, -0.25) is 4.90 Å². The van der Waals surface area contributed by atoms with Crippen LogP contribution in [0.25, 0.3) is 0 Å². The molecule has 120 valence electrons. The number of nitrogens with one attached hydrogen (secondary N) is 1. The third-order valence-corrected chi connectivity index (χ3v) is 5.36. The van der Waals surface area contributed by atoms with E-state index in [0.717, 1.165) is 12.6 Å². The van der Waals surface area contributed by atoms with Crippen LogP contribution < -0.4 is 5.32 Å². The second-order valence-electron chi connectivity index (χ2n) is 7.29. The fourth-order valence-corrected chi connectivity index (χ4v) is 3.75. The van der Waals surface area contributed by atoms with Crippen molar-refractivity contribution in [2.24, 2.45) is 5.41 Å². The molecule has 0 aliphatic heterocycles. The lowest BCUT2D eigenvalue weighted by Gasteiger charge is -2.38. The van der Waals surface area contributed by atoms with Gasteiger partial charge in [0.15, 0.2) is 0 Å². The average Bonchev–Trinajstić information content (AvgIpc) is 3.12. The number of thiophene rings is 1. The summed E-state index contributed by atoms with van der Waals surface area (Å²) < 4.78 is 0. The van der Waals surface area contributed by atoms with Crippen LogP contribution in [0.15, 0.2) is 17.5 Å². The molecule has 0 spiro atoms. The van der Waals surface area contributed by atoms with Crippen LogP contribution in [0.5, 0.6) is 0 Å². The van der Waals surface area contributed by atoms with Crippen LogP contribution in [0.3, 0.4) is 0 Å². The molecule has 0 bridgehead atoms. The largest absolute Gasteiger partial charge is 0.313 e. The number of rotatable bonds is 10. The van der Waals surface area contributed by atoms with Crippen molar-refractivity contribution in [3.8, 4) is 0 Å². The van der Waals surface area contributed by atoms with Crippen LogP contribution in [0, 0.1) is 5.41 Å². The monoisotopic (exact) mass is 308 g/mol. The summed E-state index contributed by atoms with van der Waals surface area (Å²) in [7, 11) is 0. The Labute approximate surface area is 134 Å². The van der Waals surface area contributed by atoms with Crippen molar-refractivity contribution < 1.29 is 0 Å². The van der Waals surface area contributed by atoms with Crippen molar-refractivity contribution in [1.82, 2.24) is 10.2 Å². The molecule has 1 aliphatic carbocycles. The molecular weight excluding hydrogens is 276 g/mol. The smallest absolute Gasteiger partial charge is 0.0330 e. The first-order valence-electron chi connectivity index (χ1n) is 8.52. The van der Waals surface area contributed by atoms with Gasteiger partial charge >= 0.3 is 0 Å². The van der Waals surface area contributed by atoms with Crippen molar-refractivity contribution in [3.63, 3.8) is 0 Å². The molecule has 0 radical (unpaired) electrons. The van der Waals surface area contributed by atoms with Gasteiger partial charge in [0.25, 0.3) is 0 Å². The Hall–Kier alpha value is -0.380. The Bertz CT molecular complexity index is 397. The van der Waals surface area contributed by atoms with Crippen LogP contribution >= 0.6 is 11.3 Å². The zero-order valence-corrected chi connectivity index (χ0v) is 15.0. The second kappa shape index (κ2) is 7.75. The van der Waals surface area contributed by atoms with E-state index in [1.54, 1.807) is 0 Å². The van der Waals surface area contributed by atoms with Crippen LogP contribution in [-0.4, -0.2) is 30.1 Å². The zero-order valence-electron chi connectivity index (χ0n) is 14.2. The molecule has 2 rings (SSSR count). The van der Waals surface area contributed by atoms with Gasteiger partial charge in [-0.2, -0.15) is 0 Å². The highest BCUT2D eigenvalue weighted by molar-refractivity contribution is 7.09. The van der Waals surface area contributed by atoms with Gasteiger partial charge in [-0.25, -0.2) is 0 Å². The maximum absolute atomic E-state index is 3.76. The molecule has 1 fully saturated rings. The summed E-state index contributed by atoms with van der Waals surface area (Å²) >= 11 is 1.88. The summed E-state index contributed by atoms with van der Waals surface area (Å²) in [6.07, 6.45) is 5.34. The van der Waals surface area contributed by atoms with Crippen molar-refractivity contribution in [2.45, 2.75) is 72.0 Å². The Balaban J connectivity index is 1.95. The van der Waals surface area contributed by atoms with Crippen LogP contribution in [0.4, 0.5) is 0 Å². The quantitative estimate of drug-likeness (QED) is 0.684. The molecule has 0 aromatic carbocycles. The van der Waals surface area contributed by atoms with Gasteiger partial charge in [0, 0.05) is 36.6 Å². The topological polar surface area (TPSA) is 15.3 Å². The molecule has 21 heavy (non-hydrogen) atoms. The first kappa shape index (κ1) is 17.0. The standard InChI is InChI=1S/C18H32N2S/c1-5-10-18(4,13-19-16-8-9-16)14-20(15(2)3)12-17-7-6-11-21-17/h6-7,11,15-16,19H,5,8-10,12-14H2,1-4H3. The average molecular weight is 309 g/mol. The minimum absolute atomic E-state index is 0.388. The maximum Gasteiger partial charge on any atom is 0.0330 e. The lowest BCUT2D eigenvalue weighted by Crippen LogP contribution is -2.45. The van der Waals surface area contributed by atoms with Crippen molar-refractivity contribution >= 4 is 11.3 Å². The molecule has 1 N–H and O–H groups in total. The summed E-state index contributed by atoms with van der Waals surface area (Å²) in [5.74, 6) is 0. The van der Waals surface area contributed by atoms with Crippen molar-refractivity contribution in [2.75, 3.05) is 13.1 Å². The molecule has 1 atom stereocenters. The second-order valence-corrected chi connectivity index (χ2v) is 8.33. The van der Waals surface area contributed by atoms with E-state index >= 15 is 0 Å². The van der Waals surface area contributed by atoms with E-state index in [0.29, 0.717) is 11.5 Å². The fraction of sp³-hybridized carbons (Fsp3) is 0.778. The van der Waals surface area contributed by atoms with Gasteiger partial charge in [-0.1, -0.05) is 26.3 Å². The van der Waals surface area contributed by atoms with Crippen molar-refractivity contribution in [1.29, 1.82) is 0 Å². The third kappa shape index (κ3) is 5.72. The third-order valence-electron chi connectivity index (χ3n) is 4.50. The Morgan fingerprint density at radius 2 is 2.19 bits per heavy atom. The van der Waals surface area contributed by atoms with Crippen molar-refractivity contribution in [3.05, 3.63) is 22.4 Å². The molecule has 1 aromatic heterocycles. The Morgan fingerprint density at radius 3 is 2.71 bits per heavy atom. The lowest BCUT2D eigenvalue weighted by atomic mass is 9.84. The number of hydrogen-bond acceptors (Lipinski definition) is 3. The highest BCUT2D eigenvalue weighted by atomic mass is 32.1. The predicted molar refractivity (Wildman–Crippen MR) is 93.9 cm³/mol. The van der Waals surface area contributed by atoms with E-state index in [-0.39, 0.29) is 0 Å². The normalized spacial score (nSPS) is 18.4. The number of nitrogens with zero attached hydrogens (tertiary/aromatic N) is 1. The Kier molecular flexibility index (Phi) is 6.27. The number of hydrogen-bond donors (Lipinski definition) is 1. The summed E-state index contributed by atoms with van der Waals surface area (Å²) in [4.78, 5) is 4.13. The molecule has 3 heteroatoms. The molecule has 1 unspecified atom stereocenters. The maximum atomic E-state index is 3.76. The molecule has 2 nitrogen and oxygen atoms in total. The summed E-state index contributed by atoms with van der Waals surface area (Å²) in [5, 5.41) is 5.95. The van der Waals surface area contributed by atoms with E-state index in [9.17, 15) is 0 Å². The molecule has 1 aromatic rings. The lowest BCUT2D eigenvalue weighted by molar-refractivity contribution is 0.116. The highest BCUT2D eigenvalue weighted by Gasteiger charge is 2.30. The van der Waals surface area contributed by atoms with Gasteiger partial charge < -0.3 is 5.32 Å². The molecule has 1 saturated carbocycles. The molecule has 1 aliphatic rings. The SMILES string of the molecule is CCCC(C)(CNC1CC1)CN(Cc1cccs1)C(C)C. The van der Waals surface area contributed by atoms with E-state index in [2.05, 4.69) is 55.4 Å². The fourth-order valence-electron chi connectivity index (χ4n) is 3.02. The molecule has 0 amide bonds. The van der Waals surface area contributed by atoms with Gasteiger partial charge in [0.2, 0.25) is 0 Å². The van der Waals surface area contributed by atoms with E-state index < -0.39 is 0 Å². The van der Waals surface area contributed by atoms with Crippen LogP contribution in [-0.2, 0) is 6.54 Å². The van der Waals surface area contributed by atoms with E-state index in [1.807, 2.05) is 11.3 Å². The van der Waals surface area contributed by atoms with Crippen LogP contribution in [0.1, 0.15) is 58.3 Å². The van der Waals surface area contributed by atoms with Crippen LogP contribution in [0.2, 0.25) is 0 Å². The van der Waals surface area contributed by atoms with Gasteiger partial charge in [0.05, 0.1) is 0 Å². The minimum Gasteiger partial charge on any atom is -0.313 e. The molecule has 0 saturated heterocycles. The Morgan fingerprint density at radius 1 is 1.43 bits per heavy atom. The van der Waals surface area contributed by atoms with Gasteiger partial charge in [0.1, 0.15) is 0 Å².